The smallest absolute Gasteiger partial charge is 0.119 e. The SMILES string of the molecule is NCCC1=Cc2cccc(O)c2CC1. The Bertz CT molecular complexity index is 369. The quantitative estimate of drug-likeness (QED) is 0.748. The average molecular weight is 189 g/mol. The molecule has 1 aromatic rings. The zero-order valence-corrected chi connectivity index (χ0v) is 8.16. The lowest BCUT2D eigenvalue weighted by Gasteiger charge is -2.16. The van der Waals surface area contributed by atoms with E-state index in [2.05, 4.69) is 6.08 Å². The van der Waals surface area contributed by atoms with Gasteiger partial charge in [-0.15, -0.1) is 0 Å². The molecule has 0 fully saturated rings. The maximum atomic E-state index is 9.62. The van der Waals surface area contributed by atoms with Crippen molar-refractivity contribution in [2.24, 2.45) is 5.73 Å². The molecular formula is C12H15NO. The van der Waals surface area contributed by atoms with E-state index in [1.54, 1.807) is 6.07 Å². The Morgan fingerprint density at radius 2 is 2.14 bits per heavy atom. The fourth-order valence-corrected chi connectivity index (χ4v) is 1.96. The minimum atomic E-state index is 0.422. The first kappa shape index (κ1) is 9.28. The van der Waals surface area contributed by atoms with Crippen molar-refractivity contribution >= 4 is 6.08 Å². The van der Waals surface area contributed by atoms with Crippen LogP contribution in [0.2, 0.25) is 0 Å². The van der Waals surface area contributed by atoms with E-state index in [1.807, 2.05) is 12.1 Å². The number of rotatable bonds is 2. The molecule has 0 radical (unpaired) electrons. The van der Waals surface area contributed by atoms with E-state index in [1.165, 1.54) is 5.57 Å². The molecule has 0 saturated heterocycles. The van der Waals surface area contributed by atoms with Crippen LogP contribution in [0.25, 0.3) is 6.08 Å². The number of hydrogen-bond acceptors (Lipinski definition) is 2. The van der Waals surface area contributed by atoms with Crippen LogP contribution >= 0.6 is 0 Å². The van der Waals surface area contributed by atoms with E-state index in [-0.39, 0.29) is 0 Å². The molecule has 0 amide bonds. The number of aromatic hydroxyl groups is 1. The summed E-state index contributed by atoms with van der Waals surface area (Å²) in [5.74, 6) is 0.422. The molecule has 0 heterocycles. The zero-order valence-electron chi connectivity index (χ0n) is 8.16. The molecule has 3 N–H and O–H groups in total. The lowest BCUT2D eigenvalue weighted by molar-refractivity contribution is 0.467. The largest absolute Gasteiger partial charge is 0.508 e. The fourth-order valence-electron chi connectivity index (χ4n) is 1.96. The van der Waals surface area contributed by atoms with Gasteiger partial charge in [-0.2, -0.15) is 0 Å². The van der Waals surface area contributed by atoms with Crippen molar-refractivity contribution in [2.75, 3.05) is 6.54 Å². The van der Waals surface area contributed by atoms with Gasteiger partial charge in [-0.25, -0.2) is 0 Å². The van der Waals surface area contributed by atoms with Gasteiger partial charge in [-0.1, -0.05) is 23.8 Å². The average Bonchev–Trinajstić information content (AvgIpc) is 2.18. The zero-order chi connectivity index (χ0) is 9.97. The number of phenols is 1. The third-order valence-corrected chi connectivity index (χ3v) is 2.71. The van der Waals surface area contributed by atoms with E-state index < -0.39 is 0 Å². The molecule has 14 heavy (non-hydrogen) atoms. The van der Waals surface area contributed by atoms with Crippen LogP contribution in [0.5, 0.6) is 5.75 Å². The summed E-state index contributed by atoms with van der Waals surface area (Å²) in [5.41, 5.74) is 9.14. The molecular weight excluding hydrogens is 174 g/mol. The molecule has 1 aliphatic carbocycles. The lowest BCUT2D eigenvalue weighted by Crippen LogP contribution is -2.05. The van der Waals surface area contributed by atoms with Gasteiger partial charge in [0.05, 0.1) is 0 Å². The Labute approximate surface area is 84.1 Å². The monoisotopic (exact) mass is 189 g/mol. The van der Waals surface area contributed by atoms with Crippen molar-refractivity contribution in [1.82, 2.24) is 0 Å². The van der Waals surface area contributed by atoms with Crippen molar-refractivity contribution in [3.63, 3.8) is 0 Å². The minimum absolute atomic E-state index is 0.422. The second-order valence-corrected chi connectivity index (χ2v) is 3.69. The molecule has 0 unspecified atom stereocenters. The molecule has 0 aromatic heterocycles. The Morgan fingerprint density at radius 1 is 1.29 bits per heavy atom. The molecule has 0 aliphatic heterocycles. The van der Waals surface area contributed by atoms with Crippen molar-refractivity contribution in [1.29, 1.82) is 0 Å². The van der Waals surface area contributed by atoms with Crippen LogP contribution in [-0.4, -0.2) is 11.7 Å². The Kier molecular flexibility index (Phi) is 2.55. The standard InChI is InChI=1S/C12H15NO/c13-7-6-9-4-5-11-10(8-9)2-1-3-12(11)14/h1-3,8,14H,4-7,13H2. The van der Waals surface area contributed by atoms with Crippen LogP contribution in [0.1, 0.15) is 24.0 Å². The van der Waals surface area contributed by atoms with Crippen LogP contribution < -0.4 is 5.73 Å². The van der Waals surface area contributed by atoms with Crippen LogP contribution in [0.15, 0.2) is 23.8 Å². The second-order valence-electron chi connectivity index (χ2n) is 3.69. The van der Waals surface area contributed by atoms with E-state index in [0.717, 1.165) is 30.4 Å². The van der Waals surface area contributed by atoms with Gasteiger partial charge in [0.15, 0.2) is 0 Å². The topological polar surface area (TPSA) is 46.2 Å². The number of nitrogens with two attached hydrogens (primary N) is 1. The highest BCUT2D eigenvalue weighted by atomic mass is 16.3. The molecule has 0 saturated carbocycles. The molecule has 1 aliphatic rings. The highest BCUT2D eigenvalue weighted by Crippen LogP contribution is 2.30. The van der Waals surface area contributed by atoms with Crippen molar-refractivity contribution in [3.05, 3.63) is 34.9 Å². The van der Waals surface area contributed by atoms with Gasteiger partial charge in [0.25, 0.3) is 0 Å². The highest BCUT2D eigenvalue weighted by Gasteiger charge is 2.12. The van der Waals surface area contributed by atoms with Crippen LogP contribution in [0.4, 0.5) is 0 Å². The molecule has 2 heteroatoms. The van der Waals surface area contributed by atoms with Crippen molar-refractivity contribution in [2.45, 2.75) is 19.3 Å². The summed E-state index contributed by atoms with van der Waals surface area (Å²) >= 11 is 0. The van der Waals surface area contributed by atoms with Gasteiger partial charge in [0.2, 0.25) is 0 Å². The molecule has 0 atom stereocenters. The first-order valence-electron chi connectivity index (χ1n) is 5.01. The first-order chi connectivity index (χ1) is 6.81. The van der Waals surface area contributed by atoms with Gasteiger partial charge in [-0.3, -0.25) is 0 Å². The number of benzene rings is 1. The van der Waals surface area contributed by atoms with Gasteiger partial charge < -0.3 is 10.8 Å². The molecule has 1 aromatic carbocycles. The molecule has 2 nitrogen and oxygen atoms in total. The Balaban J connectivity index is 2.35. The van der Waals surface area contributed by atoms with E-state index >= 15 is 0 Å². The highest BCUT2D eigenvalue weighted by molar-refractivity contribution is 5.62. The molecule has 0 bridgehead atoms. The second kappa shape index (κ2) is 3.84. The molecule has 2 rings (SSSR count). The van der Waals surface area contributed by atoms with Gasteiger partial charge in [0.1, 0.15) is 5.75 Å². The summed E-state index contributed by atoms with van der Waals surface area (Å²) in [6, 6.07) is 5.68. The summed E-state index contributed by atoms with van der Waals surface area (Å²) in [4.78, 5) is 0. The summed E-state index contributed by atoms with van der Waals surface area (Å²) in [6.07, 6.45) is 5.09. The summed E-state index contributed by atoms with van der Waals surface area (Å²) < 4.78 is 0. The normalized spacial score (nSPS) is 14.8. The fraction of sp³-hybridized carbons (Fsp3) is 0.333. The van der Waals surface area contributed by atoms with E-state index in [9.17, 15) is 5.11 Å². The van der Waals surface area contributed by atoms with Gasteiger partial charge >= 0.3 is 0 Å². The summed E-state index contributed by atoms with van der Waals surface area (Å²) in [6.45, 7) is 0.708. The summed E-state index contributed by atoms with van der Waals surface area (Å²) in [5, 5.41) is 9.62. The number of fused-ring (bicyclic) bond motifs is 1. The molecule has 74 valence electrons. The third kappa shape index (κ3) is 1.66. The molecule has 0 spiro atoms. The van der Waals surface area contributed by atoms with Crippen molar-refractivity contribution < 1.29 is 5.11 Å². The lowest BCUT2D eigenvalue weighted by atomic mass is 9.90. The van der Waals surface area contributed by atoms with Crippen molar-refractivity contribution in [3.8, 4) is 5.75 Å². The van der Waals surface area contributed by atoms with Crippen LogP contribution in [0, 0.1) is 0 Å². The summed E-state index contributed by atoms with van der Waals surface area (Å²) in [7, 11) is 0. The number of phenolic OH excluding ortho intramolecular Hbond substituents is 1. The maximum Gasteiger partial charge on any atom is 0.119 e. The maximum absolute atomic E-state index is 9.62. The predicted octanol–water partition coefficient (Wildman–Crippen LogP) is 2.07. The van der Waals surface area contributed by atoms with E-state index in [4.69, 9.17) is 5.73 Å². The minimum Gasteiger partial charge on any atom is -0.508 e. The van der Waals surface area contributed by atoms with Crippen LogP contribution in [-0.2, 0) is 6.42 Å². The van der Waals surface area contributed by atoms with Crippen LogP contribution in [0.3, 0.4) is 0 Å². The predicted molar refractivity (Wildman–Crippen MR) is 58.1 cm³/mol. The first-order valence-corrected chi connectivity index (χ1v) is 5.01. The Morgan fingerprint density at radius 3 is 2.93 bits per heavy atom. The Hall–Kier alpha value is -1.28. The van der Waals surface area contributed by atoms with Gasteiger partial charge in [-0.05, 0) is 37.4 Å². The third-order valence-electron chi connectivity index (χ3n) is 2.71. The van der Waals surface area contributed by atoms with Gasteiger partial charge in [0, 0.05) is 5.56 Å². The number of hydrogen-bond donors (Lipinski definition) is 2. The van der Waals surface area contributed by atoms with E-state index in [0.29, 0.717) is 12.3 Å².